The molecule has 1 aromatic carbocycles. The maximum Gasteiger partial charge on any atom is 0.243 e. The molecule has 18 heavy (non-hydrogen) atoms. The summed E-state index contributed by atoms with van der Waals surface area (Å²) >= 11 is 5.83. The molecule has 6 heteroatoms. The molecule has 4 nitrogen and oxygen atoms in total. The number of piperidine rings is 1. The predicted octanol–water partition coefficient (Wildman–Crippen LogP) is 1.79. The van der Waals surface area contributed by atoms with Gasteiger partial charge in [-0.1, -0.05) is 11.6 Å². The summed E-state index contributed by atoms with van der Waals surface area (Å²) in [6, 6.07) is 4.73. The molecule has 0 spiro atoms. The van der Waals surface area contributed by atoms with Gasteiger partial charge in [0.05, 0.1) is 11.0 Å². The molecule has 0 aromatic heterocycles. The van der Waals surface area contributed by atoms with Gasteiger partial charge in [0.25, 0.3) is 0 Å². The van der Waals surface area contributed by atoms with E-state index < -0.39 is 16.1 Å². The highest BCUT2D eigenvalue weighted by atomic mass is 35.5. The number of hydrogen-bond donors (Lipinski definition) is 1. The average Bonchev–Trinajstić information content (AvgIpc) is 2.28. The molecule has 0 radical (unpaired) electrons. The minimum atomic E-state index is -3.53. The average molecular weight is 290 g/mol. The molecule has 1 unspecified atom stereocenters. The predicted molar refractivity (Wildman–Crippen MR) is 70.2 cm³/mol. The van der Waals surface area contributed by atoms with Crippen molar-refractivity contribution in [1.82, 2.24) is 4.31 Å². The summed E-state index contributed by atoms with van der Waals surface area (Å²) in [5.74, 6) is 0. The molecule has 1 aliphatic heterocycles. The standard InChI is InChI=1S/C12H16ClNO3S/c1-9-7-10(13)4-5-12(9)18(16,17)14-6-2-3-11(15)8-14/h4-5,7,11,15H,2-3,6,8H2,1H3. The van der Waals surface area contributed by atoms with E-state index in [4.69, 9.17) is 11.6 Å². The number of sulfonamides is 1. The summed E-state index contributed by atoms with van der Waals surface area (Å²) in [4.78, 5) is 0.265. The zero-order valence-corrected chi connectivity index (χ0v) is 11.7. The van der Waals surface area contributed by atoms with Crippen LogP contribution in [0.1, 0.15) is 18.4 Å². The molecule has 2 rings (SSSR count). The van der Waals surface area contributed by atoms with E-state index in [1.807, 2.05) is 0 Å². The van der Waals surface area contributed by atoms with Gasteiger partial charge in [0.1, 0.15) is 0 Å². The number of aliphatic hydroxyl groups excluding tert-OH is 1. The normalized spacial score (nSPS) is 22.1. The monoisotopic (exact) mass is 289 g/mol. The van der Waals surface area contributed by atoms with Crippen molar-refractivity contribution in [3.05, 3.63) is 28.8 Å². The van der Waals surface area contributed by atoms with Gasteiger partial charge < -0.3 is 5.11 Å². The fraction of sp³-hybridized carbons (Fsp3) is 0.500. The van der Waals surface area contributed by atoms with Crippen LogP contribution in [0.15, 0.2) is 23.1 Å². The number of rotatable bonds is 2. The summed E-state index contributed by atoms with van der Waals surface area (Å²) in [5, 5.41) is 10.1. The second-order valence-electron chi connectivity index (χ2n) is 4.57. The van der Waals surface area contributed by atoms with Crippen molar-refractivity contribution in [3.8, 4) is 0 Å². The first kappa shape index (κ1) is 13.8. The largest absolute Gasteiger partial charge is 0.392 e. The molecule has 1 aromatic rings. The van der Waals surface area contributed by atoms with Crippen LogP contribution >= 0.6 is 11.6 Å². The zero-order chi connectivity index (χ0) is 13.3. The fourth-order valence-corrected chi connectivity index (χ4v) is 4.13. The van der Waals surface area contributed by atoms with Gasteiger partial charge >= 0.3 is 0 Å². The number of benzene rings is 1. The summed E-state index contributed by atoms with van der Waals surface area (Å²) in [6.45, 7) is 2.35. The molecule has 0 bridgehead atoms. The SMILES string of the molecule is Cc1cc(Cl)ccc1S(=O)(=O)N1CCCC(O)C1. The maximum absolute atomic E-state index is 12.4. The Hall–Kier alpha value is -0.620. The molecule has 0 saturated carbocycles. The number of halogens is 1. The smallest absolute Gasteiger partial charge is 0.243 e. The number of aryl methyl sites for hydroxylation is 1. The first-order valence-corrected chi connectivity index (χ1v) is 7.67. The summed E-state index contributed by atoms with van der Waals surface area (Å²) in [7, 11) is -3.53. The Kier molecular flexibility index (Phi) is 3.96. The maximum atomic E-state index is 12.4. The highest BCUT2D eigenvalue weighted by molar-refractivity contribution is 7.89. The van der Waals surface area contributed by atoms with Gasteiger partial charge in [-0.15, -0.1) is 0 Å². The van der Waals surface area contributed by atoms with Crippen LogP contribution < -0.4 is 0 Å². The molecular weight excluding hydrogens is 274 g/mol. The Morgan fingerprint density at radius 1 is 1.44 bits per heavy atom. The number of β-amino-alcohol motifs (C(OH)–C–C–N with tert-alkyl or cyclic N) is 1. The van der Waals surface area contributed by atoms with Crippen LogP contribution in [-0.2, 0) is 10.0 Å². The molecule has 0 aliphatic carbocycles. The van der Waals surface area contributed by atoms with Crippen LogP contribution in [0.5, 0.6) is 0 Å². The van der Waals surface area contributed by atoms with E-state index in [1.54, 1.807) is 19.1 Å². The molecule has 100 valence electrons. The third-order valence-electron chi connectivity index (χ3n) is 3.11. The molecule has 0 amide bonds. The lowest BCUT2D eigenvalue weighted by Gasteiger charge is -2.29. The highest BCUT2D eigenvalue weighted by Gasteiger charge is 2.30. The lowest BCUT2D eigenvalue weighted by molar-refractivity contribution is 0.108. The number of nitrogens with zero attached hydrogens (tertiary/aromatic N) is 1. The molecule has 1 atom stereocenters. The van der Waals surface area contributed by atoms with Crippen molar-refractivity contribution in [2.24, 2.45) is 0 Å². The van der Waals surface area contributed by atoms with E-state index >= 15 is 0 Å². The van der Waals surface area contributed by atoms with Gasteiger partial charge in [-0.05, 0) is 43.5 Å². The number of hydrogen-bond acceptors (Lipinski definition) is 3. The summed E-state index contributed by atoms with van der Waals surface area (Å²) in [5.41, 5.74) is 0.627. The number of aliphatic hydroxyl groups is 1. The van der Waals surface area contributed by atoms with Crippen molar-refractivity contribution in [2.75, 3.05) is 13.1 Å². The first-order chi connectivity index (χ1) is 8.41. The third-order valence-corrected chi connectivity index (χ3v) is 5.37. The Labute approximate surface area is 112 Å². The van der Waals surface area contributed by atoms with Gasteiger partial charge in [-0.3, -0.25) is 0 Å². The summed E-state index contributed by atoms with van der Waals surface area (Å²) < 4.78 is 26.2. The Morgan fingerprint density at radius 3 is 2.78 bits per heavy atom. The van der Waals surface area contributed by atoms with Gasteiger partial charge in [0.2, 0.25) is 10.0 Å². The van der Waals surface area contributed by atoms with Crippen molar-refractivity contribution in [2.45, 2.75) is 30.8 Å². The Morgan fingerprint density at radius 2 is 2.17 bits per heavy atom. The third kappa shape index (κ3) is 2.69. The minimum absolute atomic E-state index is 0.171. The van der Waals surface area contributed by atoms with Crippen LogP contribution in [0.25, 0.3) is 0 Å². The lowest BCUT2D eigenvalue weighted by Crippen LogP contribution is -2.42. The van der Waals surface area contributed by atoms with E-state index in [-0.39, 0.29) is 11.4 Å². The summed E-state index contributed by atoms with van der Waals surface area (Å²) in [6.07, 6.45) is 0.777. The Bertz CT molecular complexity index is 544. The molecule has 1 saturated heterocycles. The van der Waals surface area contributed by atoms with Crippen LogP contribution in [0.3, 0.4) is 0 Å². The molecule has 1 aliphatic rings. The van der Waals surface area contributed by atoms with Crippen molar-refractivity contribution >= 4 is 21.6 Å². The second-order valence-corrected chi connectivity index (χ2v) is 6.91. The fourth-order valence-electron chi connectivity index (χ4n) is 2.18. The zero-order valence-electron chi connectivity index (χ0n) is 10.1. The van der Waals surface area contributed by atoms with E-state index in [0.717, 1.165) is 0 Å². The van der Waals surface area contributed by atoms with Crippen molar-refractivity contribution < 1.29 is 13.5 Å². The molecule has 1 heterocycles. The van der Waals surface area contributed by atoms with E-state index in [2.05, 4.69) is 0 Å². The van der Waals surface area contributed by atoms with Gasteiger partial charge in [0, 0.05) is 18.1 Å². The van der Waals surface area contributed by atoms with Gasteiger partial charge in [-0.2, -0.15) is 4.31 Å². The van der Waals surface area contributed by atoms with Crippen molar-refractivity contribution in [3.63, 3.8) is 0 Å². The van der Waals surface area contributed by atoms with Gasteiger partial charge in [-0.25, -0.2) is 8.42 Å². The van der Waals surface area contributed by atoms with Gasteiger partial charge in [0.15, 0.2) is 0 Å². The lowest BCUT2D eigenvalue weighted by atomic mass is 10.1. The topological polar surface area (TPSA) is 57.6 Å². The second kappa shape index (κ2) is 5.17. The van der Waals surface area contributed by atoms with E-state index in [1.165, 1.54) is 10.4 Å². The van der Waals surface area contributed by atoms with Crippen molar-refractivity contribution in [1.29, 1.82) is 0 Å². The van der Waals surface area contributed by atoms with Crippen LogP contribution in [0, 0.1) is 6.92 Å². The molecular formula is C12H16ClNO3S. The quantitative estimate of drug-likeness (QED) is 0.903. The molecule has 1 fully saturated rings. The first-order valence-electron chi connectivity index (χ1n) is 5.85. The van der Waals surface area contributed by atoms with E-state index in [0.29, 0.717) is 30.0 Å². The van der Waals surface area contributed by atoms with E-state index in [9.17, 15) is 13.5 Å². The molecule has 1 N–H and O–H groups in total. The van der Waals surface area contributed by atoms with Crippen LogP contribution in [0.2, 0.25) is 5.02 Å². The van der Waals surface area contributed by atoms with Crippen LogP contribution in [-0.4, -0.2) is 37.0 Å². The Balaban J connectivity index is 2.35. The minimum Gasteiger partial charge on any atom is -0.392 e. The highest BCUT2D eigenvalue weighted by Crippen LogP contribution is 2.25. The van der Waals surface area contributed by atoms with Crippen LogP contribution in [0.4, 0.5) is 0 Å².